The van der Waals surface area contributed by atoms with E-state index in [1.807, 2.05) is 0 Å². The number of anilines is 1. The van der Waals surface area contributed by atoms with Crippen LogP contribution in [0.1, 0.15) is 0 Å². The zero-order valence-corrected chi connectivity index (χ0v) is 14.3. The number of imidazole rings is 1. The van der Waals surface area contributed by atoms with Gasteiger partial charge in [0.1, 0.15) is 18.2 Å². The van der Waals surface area contributed by atoms with Crippen molar-refractivity contribution in [3.8, 4) is 0 Å². The number of fused-ring (bicyclic) bond motifs is 1. The molecule has 2 heterocycles. The molecule has 0 atom stereocenters. The third-order valence-corrected chi connectivity index (χ3v) is 4.10. The van der Waals surface area contributed by atoms with Crippen LogP contribution in [-0.4, -0.2) is 24.6 Å². The second-order valence-electron chi connectivity index (χ2n) is 5.52. The Balaban J connectivity index is 2.01. The van der Waals surface area contributed by atoms with Crippen LogP contribution in [0, 0.1) is 11.6 Å². The summed E-state index contributed by atoms with van der Waals surface area (Å²) in [6.45, 7) is -0.459. The van der Waals surface area contributed by atoms with Gasteiger partial charge in [-0.25, -0.2) is 13.6 Å². The van der Waals surface area contributed by atoms with Crippen LogP contribution in [0.4, 0.5) is 14.5 Å². The summed E-state index contributed by atoms with van der Waals surface area (Å²) in [6, 6.07) is 2.68. The lowest BCUT2D eigenvalue weighted by molar-refractivity contribution is -0.116. The zero-order chi connectivity index (χ0) is 19.2. The van der Waals surface area contributed by atoms with Gasteiger partial charge >= 0.3 is 5.69 Å². The van der Waals surface area contributed by atoms with Crippen molar-refractivity contribution in [2.75, 3.05) is 5.32 Å². The predicted molar refractivity (Wildman–Crippen MR) is 90.2 cm³/mol. The number of nitrogens with one attached hydrogen (secondary N) is 1. The van der Waals surface area contributed by atoms with Gasteiger partial charge in [-0.15, -0.1) is 0 Å². The highest BCUT2D eigenvalue weighted by Gasteiger charge is 2.20. The van der Waals surface area contributed by atoms with Crippen LogP contribution >= 0.6 is 11.6 Å². The first-order valence-corrected chi connectivity index (χ1v) is 7.65. The predicted octanol–water partition coefficient (Wildman–Crippen LogP) is 1.00. The molecule has 1 aromatic carbocycles. The molecule has 1 N–H and O–H groups in total. The molecule has 0 aliphatic heterocycles. The lowest BCUT2D eigenvalue weighted by atomic mass is 10.3. The van der Waals surface area contributed by atoms with Crippen molar-refractivity contribution >= 4 is 34.4 Å². The molecule has 26 heavy (non-hydrogen) atoms. The third-order valence-electron chi connectivity index (χ3n) is 3.81. The molecule has 3 rings (SSSR count). The minimum absolute atomic E-state index is 0.0175. The highest BCUT2D eigenvalue weighted by Crippen LogP contribution is 2.17. The lowest BCUT2D eigenvalue weighted by Gasteiger charge is -2.09. The molecule has 0 aliphatic rings. The number of hydrogen-bond donors (Lipinski definition) is 1. The first-order valence-electron chi connectivity index (χ1n) is 7.27. The monoisotopic (exact) mass is 383 g/mol. The fraction of sp³-hybridized carbons (Fsp3) is 0.200. The third kappa shape index (κ3) is 2.88. The molecule has 0 radical (unpaired) electrons. The summed E-state index contributed by atoms with van der Waals surface area (Å²) in [7, 11) is 2.69. The van der Waals surface area contributed by atoms with Gasteiger partial charge in [-0.05, 0) is 23.7 Å². The molecular formula is C15H12ClF2N5O3. The van der Waals surface area contributed by atoms with E-state index in [9.17, 15) is 23.2 Å². The average molecular weight is 384 g/mol. The van der Waals surface area contributed by atoms with Crippen molar-refractivity contribution in [3.05, 3.63) is 56.0 Å². The molecule has 0 spiro atoms. The fourth-order valence-corrected chi connectivity index (χ4v) is 2.71. The Labute approximate surface area is 149 Å². The van der Waals surface area contributed by atoms with E-state index in [4.69, 9.17) is 11.6 Å². The SMILES string of the molecule is Cn1c(=O)c2c(nc(Cl)n2CC(=O)Nc2ccc(F)cc2F)n(C)c1=O. The maximum atomic E-state index is 13.6. The van der Waals surface area contributed by atoms with Crippen LogP contribution in [0.15, 0.2) is 27.8 Å². The number of nitrogens with zero attached hydrogens (tertiary/aromatic N) is 4. The zero-order valence-electron chi connectivity index (χ0n) is 13.6. The van der Waals surface area contributed by atoms with Crippen LogP contribution in [0.25, 0.3) is 11.2 Å². The highest BCUT2D eigenvalue weighted by molar-refractivity contribution is 6.29. The topological polar surface area (TPSA) is 90.9 Å². The summed E-state index contributed by atoms with van der Waals surface area (Å²) >= 11 is 6.00. The van der Waals surface area contributed by atoms with Crippen LogP contribution in [0.3, 0.4) is 0 Å². The Morgan fingerprint density at radius 3 is 2.58 bits per heavy atom. The minimum Gasteiger partial charge on any atom is -0.322 e. The van der Waals surface area contributed by atoms with Crippen LogP contribution in [-0.2, 0) is 25.4 Å². The summed E-state index contributed by atoms with van der Waals surface area (Å²) < 4.78 is 29.7. The molecule has 0 saturated carbocycles. The van der Waals surface area contributed by atoms with Gasteiger partial charge < -0.3 is 5.32 Å². The van der Waals surface area contributed by atoms with Crippen molar-refractivity contribution in [2.45, 2.75) is 6.54 Å². The van der Waals surface area contributed by atoms with Gasteiger partial charge in [-0.3, -0.25) is 23.3 Å². The molecule has 0 saturated heterocycles. The van der Waals surface area contributed by atoms with E-state index in [1.54, 1.807) is 0 Å². The van der Waals surface area contributed by atoms with E-state index in [1.165, 1.54) is 14.1 Å². The Morgan fingerprint density at radius 2 is 1.92 bits per heavy atom. The molecule has 0 aliphatic carbocycles. The van der Waals surface area contributed by atoms with Gasteiger partial charge in [-0.1, -0.05) is 0 Å². The van der Waals surface area contributed by atoms with Gasteiger partial charge in [0.05, 0.1) is 5.69 Å². The molecule has 1 amide bonds. The van der Waals surface area contributed by atoms with Gasteiger partial charge in [-0.2, -0.15) is 4.98 Å². The number of carbonyl (C=O) groups excluding carboxylic acids is 1. The van der Waals surface area contributed by atoms with E-state index in [2.05, 4.69) is 10.3 Å². The van der Waals surface area contributed by atoms with Crippen molar-refractivity contribution < 1.29 is 13.6 Å². The van der Waals surface area contributed by atoms with Crippen LogP contribution in [0.2, 0.25) is 5.28 Å². The molecule has 3 aromatic rings. The minimum atomic E-state index is -0.946. The molecule has 0 fully saturated rings. The molecular weight excluding hydrogens is 372 g/mol. The van der Waals surface area contributed by atoms with Crippen molar-refractivity contribution in [2.24, 2.45) is 14.1 Å². The maximum absolute atomic E-state index is 13.6. The van der Waals surface area contributed by atoms with E-state index in [0.717, 1.165) is 25.8 Å². The number of hydrogen-bond acceptors (Lipinski definition) is 4. The largest absolute Gasteiger partial charge is 0.332 e. The standard InChI is InChI=1S/C15H12ClF2N5O3/c1-21-12-11(13(25)22(2)15(21)26)23(14(16)20-12)6-10(24)19-9-4-3-7(17)5-8(9)18/h3-5H,6H2,1-2H3,(H,19,24). The Bertz CT molecular complexity index is 1160. The number of halogens is 3. The highest BCUT2D eigenvalue weighted by atomic mass is 35.5. The normalized spacial score (nSPS) is 11.1. The summed E-state index contributed by atoms with van der Waals surface area (Å²) in [5.74, 6) is -2.44. The van der Waals surface area contributed by atoms with Gasteiger partial charge in [0.15, 0.2) is 11.2 Å². The number of carbonyl (C=O) groups is 1. The van der Waals surface area contributed by atoms with E-state index in [-0.39, 0.29) is 22.1 Å². The summed E-state index contributed by atoms with van der Waals surface area (Å²) in [5.41, 5.74) is -1.53. The molecule has 0 bridgehead atoms. The Kier molecular flexibility index (Phi) is 4.36. The van der Waals surface area contributed by atoms with E-state index < -0.39 is 35.3 Å². The fourth-order valence-electron chi connectivity index (χ4n) is 2.49. The summed E-state index contributed by atoms with van der Waals surface area (Å²) in [6.07, 6.45) is 0. The van der Waals surface area contributed by atoms with E-state index >= 15 is 0 Å². The quantitative estimate of drug-likeness (QED) is 0.683. The van der Waals surface area contributed by atoms with Crippen LogP contribution in [0.5, 0.6) is 0 Å². The number of amides is 1. The van der Waals surface area contributed by atoms with Gasteiger partial charge in [0.2, 0.25) is 11.2 Å². The Hall–Kier alpha value is -3.01. The van der Waals surface area contributed by atoms with Gasteiger partial charge in [0.25, 0.3) is 5.56 Å². The van der Waals surface area contributed by atoms with E-state index in [0.29, 0.717) is 6.07 Å². The number of aromatic nitrogens is 4. The second kappa shape index (κ2) is 6.37. The smallest absolute Gasteiger partial charge is 0.322 e. The van der Waals surface area contributed by atoms with Crippen LogP contribution < -0.4 is 16.6 Å². The summed E-state index contributed by atoms with van der Waals surface area (Å²) in [4.78, 5) is 40.4. The number of rotatable bonds is 3. The Morgan fingerprint density at radius 1 is 1.23 bits per heavy atom. The van der Waals surface area contributed by atoms with Crippen molar-refractivity contribution in [1.29, 1.82) is 0 Å². The molecule has 136 valence electrons. The lowest BCUT2D eigenvalue weighted by Crippen LogP contribution is -2.37. The van der Waals surface area contributed by atoms with Crippen molar-refractivity contribution in [1.82, 2.24) is 18.7 Å². The second-order valence-corrected chi connectivity index (χ2v) is 5.86. The first-order chi connectivity index (χ1) is 12.2. The van der Waals surface area contributed by atoms with Gasteiger partial charge in [0, 0.05) is 20.2 Å². The number of aryl methyl sites for hydroxylation is 1. The molecule has 11 heteroatoms. The molecule has 2 aromatic heterocycles. The first kappa shape index (κ1) is 17.8. The maximum Gasteiger partial charge on any atom is 0.332 e. The molecule has 8 nitrogen and oxygen atoms in total. The van der Waals surface area contributed by atoms with Crippen molar-refractivity contribution in [3.63, 3.8) is 0 Å². The average Bonchev–Trinajstić information content (AvgIpc) is 2.90. The summed E-state index contributed by atoms with van der Waals surface area (Å²) in [5, 5.41) is 2.08. The number of benzene rings is 1. The molecule has 0 unspecified atom stereocenters.